The fourth-order valence-corrected chi connectivity index (χ4v) is 1.62. The maximum absolute atomic E-state index is 11.4. The number of nitrogens with one attached hydrogen (secondary N) is 1. The van der Waals surface area contributed by atoms with E-state index in [4.69, 9.17) is 0 Å². The van der Waals surface area contributed by atoms with E-state index in [-0.39, 0.29) is 12.5 Å². The minimum Gasteiger partial charge on any atom is -0.389 e. The summed E-state index contributed by atoms with van der Waals surface area (Å²) in [5, 5.41) is 12.1. The molecule has 0 aliphatic carbocycles. The zero-order valence-electron chi connectivity index (χ0n) is 13.8. The molecule has 0 saturated carbocycles. The Kier molecular flexibility index (Phi) is 11.6. The third-order valence-electron chi connectivity index (χ3n) is 2.83. The highest BCUT2D eigenvalue weighted by Crippen LogP contribution is 2.01. The molecule has 0 unspecified atom stereocenters. The van der Waals surface area contributed by atoms with Gasteiger partial charge in [0.25, 0.3) is 0 Å². The smallest absolute Gasteiger partial charge is 0.244 e. The van der Waals surface area contributed by atoms with Gasteiger partial charge in [0.2, 0.25) is 5.91 Å². The van der Waals surface area contributed by atoms with Crippen molar-refractivity contribution in [2.24, 2.45) is 0 Å². The van der Waals surface area contributed by atoms with Crippen molar-refractivity contribution in [2.45, 2.75) is 64.9 Å². The summed E-state index contributed by atoms with van der Waals surface area (Å²) in [6.07, 6.45) is 18.7. The van der Waals surface area contributed by atoms with Crippen LogP contribution in [0.4, 0.5) is 0 Å². The molecule has 0 saturated heterocycles. The Hall–Kier alpha value is -1.35. The lowest BCUT2D eigenvalue weighted by molar-refractivity contribution is -0.117. The van der Waals surface area contributed by atoms with Crippen LogP contribution in [0.15, 0.2) is 36.5 Å². The molecule has 1 amide bonds. The zero-order valence-corrected chi connectivity index (χ0v) is 13.8. The molecule has 0 aromatic heterocycles. The Morgan fingerprint density at radius 3 is 2.38 bits per heavy atom. The molecule has 0 bridgehead atoms. The highest BCUT2D eigenvalue weighted by Gasteiger charge is 2.12. The maximum atomic E-state index is 11.4. The predicted octanol–water partition coefficient (Wildman–Crippen LogP) is 3.90. The lowest BCUT2D eigenvalue weighted by Crippen LogP contribution is -2.37. The van der Waals surface area contributed by atoms with Gasteiger partial charge in [-0.3, -0.25) is 4.79 Å². The number of unbranched alkanes of at least 4 members (excludes halogenated alkanes) is 4. The molecule has 0 radical (unpaired) electrons. The molecule has 0 aromatic rings. The highest BCUT2D eigenvalue weighted by atomic mass is 16.3. The van der Waals surface area contributed by atoms with Crippen molar-refractivity contribution in [2.75, 3.05) is 6.54 Å². The van der Waals surface area contributed by atoms with Crippen LogP contribution >= 0.6 is 0 Å². The van der Waals surface area contributed by atoms with Gasteiger partial charge in [0.1, 0.15) is 0 Å². The Bertz CT molecular complexity index is 349. The fraction of sp³-hybridized carbons (Fsp3) is 0.611. The average molecular weight is 293 g/mol. The molecule has 0 aliphatic heterocycles. The number of allylic oxidation sites excluding steroid dienone is 5. The van der Waals surface area contributed by atoms with Gasteiger partial charge in [-0.15, -0.1) is 0 Å². The van der Waals surface area contributed by atoms with E-state index >= 15 is 0 Å². The summed E-state index contributed by atoms with van der Waals surface area (Å²) in [5.41, 5.74) is -0.872. The maximum Gasteiger partial charge on any atom is 0.244 e. The number of aliphatic hydroxyl groups is 1. The quantitative estimate of drug-likeness (QED) is 0.263. The van der Waals surface area contributed by atoms with E-state index in [0.717, 1.165) is 12.8 Å². The van der Waals surface area contributed by atoms with Gasteiger partial charge >= 0.3 is 0 Å². The summed E-state index contributed by atoms with van der Waals surface area (Å²) in [4.78, 5) is 11.4. The second kappa shape index (κ2) is 12.4. The van der Waals surface area contributed by atoms with Crippen LogP contribution in [0.2, 0.25) is 0 Å². The standard InChI is InChI=1S/C18H31NO2/c1-4-5-6-7-8-9-10-11-12-13-14-15-17(20)19-16-18(2,3)21/h8-9,12-15,21H,4-7,10-11,16H2,1-3H3,(H,19,20)/b9-8+,13-12+,15-14+. The van der Waals surface area contributed by atoms with Crippen molar-refractivity contribution in [3.8, 4) is 0 Å². The Morgan fingerprint density at radius 2 is 1.71 bits per heavy atom. The Balaban J connectivity index is 3.62. The molecule has 0 atom stereocenters. The van der Waals surface area contributed by atoms with Crippen LogP contribution in [0.3, 0.4) is 0 Å². The highest BCUT2D eigenvalue weighted by molar-refractivity contribution is 5.87. The first kappa shape index (κ1) is 19.7. The molecule has 0 rings (SSSR count). The molecule has 3 nitrogen and oxygen atoms in total. The van der Waals surface area contributed by atoms with E-state index in [2.05, 4.69) is 30.5 Å². The van der Waals surface area contributed by atoms with E-state index in [1.54, 1.807) is 19.9 Å². The minimum atomic E-state index is -0.872. The van der Waals surface area contributed by atoms with Crippen molar-refractivity contribution < 1.29 is 9.90 Å². The number of amides is 1. The predicted molar refractivity (Wildman–Crippen MR) is 90.1 cm³/mol. The Morgan fingerprint density at radius 1 is 1.05 bits per heavy atom. The third kappa shape index (κ3) is 16.6. The molecule has 0 aliphatic rings. The van der Waals surface area contributed by atoms with E-state index in [1.807, 2.05) is 6.08 Å². The molecule has 120 valence electrons. The van der Waals surface area contributed by atoms with Crippen molar-refractivity contribution in [3.63, 3.8) is 0 Å². The van der Waals surface area contributed by atoms with Gasteiger partial charge in [0, 0.05) is 12.6 Å². The molecule has 0 spiro atoms. The molecule has 0 fully saturated rings. The largest absolute Gasteiger partial charge is 0.389 e. The number of carbonyl (C=O) groups is 1. The van der Waals surface area contributed by atoms with Gasteiger partial charge in [0.15, 0.2) is 0 Å². The van der Waals surface area contributed by atoms with Gasteiger partial charge in [0.05, 0.1) is 5.60 Å². The van der Waals surface area contributed by atoms with E-state index in [9.17, 15) is 9.90 Å². The first-order chi connectivity index (χ1) is 9.95. The first-order valence-corrected chi connectivity index (χ1v) is 7.94. The summed E-state index contributed by atoms with van der Waals surface area (Å²) in [6, 6.07) is 0. The number of rotatable bonds is 11. The normalized spacial score (nSPS) is 12.8. The first-order valence-electron chi connectivity index (χ1n) is 7.94. The van der Waals surface area contributed by atoms with Gasteiger partial charge in [-0.1, -0.05) is 50.1 Å². The minimum absolute atomic E-state index is 0.183. The second-order valence-electron chi connectivity index (χ2n) is 5.86. The topological polar surface area (TPSA) is 49.3 Å². The summed E-state index contributed by atoms with van der Waals surface area (Å²) < 4.78 is 0. The van der Waals surface area contributed by atoms with Crippen molar-refractivity contribution in [3.05, 3.63) is 36.5 Å². The number of carbonyl (C=O) groups excluding carboxylic acids is 1. The second-order valence-corrected chi connectivity index (χ2v) is 5.86. The molecule has 21 heavy (non-hydrogen) atoms. The van der Waals surface area contributed by atoms with Crippen molar-refractivity contribution in [1.29, 1.82) is 0 Å². The summed E-state index contributed by atoms with van der Waals surface area (Å²) in [6.45, 7) is 5.79. The van der Waals surface area contributed by atoms with Gasteiger partial charge in [-0.2, -0.15) is 0 Å². The lowest BCUT2D eigenvalue weighted by Gasteiger charge is -2.16. The summed E-state index contributed by atoms with van der Waals surface area (Å²) in [7, 11) is 0. The van der Waals surface area contributed by atoms with Gasteiger partial charge in [-0.05, 0) is 39.5 Å². The van der Waals surface area contributed by atoms with Crippen LogP contribution in [-0.2, 0) is 4.79 Å². The summed E-state index contributed by atoms with van der Waals surface area (Å²) in [5.74, 6) is -0.183. The molecular weight excluding hydrogens is 262 g/mol. The van der Waals surface area contributed by atoms with Gasteiger partial charge < -0.3 is 10.4 Å². The Labute approximate surface area is 129 Å². The number of hydrogen-bond donors (Lipinski definition) is 2. The van der Waals surface area contributed by atoms with Crippen molar-refractivity contribution in [1.82, 2.24) is 5.32 Å². The van der Waals surface area contributed by atoms with Crippen LogP contribution in [0.25, 0.3) is 0 Å². The molecule has 3 heteroatoms. The van der Waals surface area contributed by atoms with E-state index < -0.39 is 5.60 Å². The number of hydrogen-bond acceptors (Lipinski definition) is 2. The third-order valence-corrected chi connectivity index (χ3v) is 2.83. The fourth-order valence-electron chi connectivity index (χ4n) is 1.62. The SMILES string of the molecule is CCCCC/C=C/CC/C=C/C=C/C(=O)NCC(C)(C)O. The molecule has 0 heterocycles. The average Bonchev–Trinajstić information content (AvgIpc) is 2.42. The van der Waals surface area contributed by atoms with Crippen LogP contribution < -0.4 is 5.32 Å². The van der Waals surface area contributed by atoms with Crippen LogP contribution in [-0.4, -0.2) is 23.2 Å². The van der Waals surface area contributed by atoms with Crippen molar-refractivity contribution >= 4 is 5.91 Å². The van der Waals surface area contributed by atoms with Gasteiger partial charge in [-0.25, -0.2) is 0 Å². The lowest BCUT2D eigenvalue weighted by atomic mass is 10.1. The zero-order chi connectivity index (χ0) is 16.0. The van der Waals surface area contributed by atoms with Crippen LogP contribution in [0.1, 0.15) is 59.3 Å². The van der Waals surface area contributed by atoms with E-state index in [0.29, 0.717) is 0 Å². The molecule has 2 N–H and O–H groups in total. The molecular formula is C18H31NO2. The van der Waals surface area contributed by atoms with Crippen LogP contribution in [0, 0.1) is 0 Å². The molecule has 0 aromatic carbocycles. The van der Waals surface area contributed by atoms with Crippen LogP contribution in [0.5, 0.6) is 0 Å². The monoisotopic (exact) mass is 293 g/mol. The van der Waals surface area contributed by atoms with E-state index in [1.165, 1.54) is 31.8 Å². The summed E-state index contributed by atoms with van der Waals surface area (Å²) >= 11 is 0.